The number of hydrogen-bond donors (Lipinski definition) is 1. The van der Waals surface area contributed by atoms with E-state index in [9.17, 15) is 13.9 Å². The van der Waals surface area contributed by atoms with E-state index in [1.165, 1.54) is 6.07 Å². The van der Waals surface area contributed by atoms with Gasteiger partial charge in [0.15, 0.2) is 0 Å². The normalized spacial score (nSPS) is 27.2. The zero-order valence-corrected chi connectivity index (χ0v) is 11.5. The summed E-state index contributed by atoms with van der Waals surface area (Å²) in [6.07, 6.45) is 2.72. The molecule has 0 aromatic heterocycles. The third-order valence-electron chi connectivity index (χ3n) is 4.01. The number of halogens is 2. The highest BCUT2D eigenvalue weighted by atomic mass is 19.1. The second-order valence-electron chi connectivity index (χ2n) is 5.87. The van der Waals surface area contributed by atoms with Gasteiger partial charge >= 0.3 is 0 Å². The van der Waals surface area contributed by atoms with Crippen molar-refractivity contribution in [3.8, 4) is 0 Å². The molecule has 2 rings (SSSR count). The van der Waals surface area contributed by atoms with Gasteiger partial charge in [-0.25, -0.2) is 8.78 Å². The molecule has 0 aliphatic heterocycles. The topological polar surface area (TPSA) is 23.5 Å². The van der Waals surface area contributed by atoms with Crippen LogP contribution in [0.2, 0.25) is 0 Å². The molecule has 19 heavy (non-hydrogen) atoms. The summed E-state index contributed by atoms with van der Waals surface area (Å²) in [6, 6.07) is 3.43. The highest BCUT2D eigenvalue weighted by Crippen LogP contribution is 2.39. The van der Waals surface area contributed by atoms with Crippen LogP contribution in [0.3, 0.4) is 0 Å². The average Bonchev–Trinajstić information content (AvgIpc) is 2.65. The Hall–Kier alpha value is -1.00. The minimum absolute atomic E-state index is 0.116. The molecule has 0 bridgehead atoms. The Morgan fingerprint density at radius 1 is 1.37 bits per heavy atom. The van der Waals surface area contributed by atoms with Crippen molar-refractivity contribution in [1.29, 1.82) is 0 Å². The van der Waals surface area contributed by atoms with Crippen LogP contribution in [0.15, 0.2) is 18.2 Å². The van der Waals surface area contributed by atoms with Gasteiger partial charge in [-0.05, 0) is 50.7 Å². The molecular formula is C15H21F2NO. The van der Waals surface area contributed by atoms with Gasteiger partial charge in [-0.15, -0.1) is 0 Å². The lowest BCUT2D eigenvalue weighted by Crippen LogP contribution is -2.41. The third kappa shape index (κ3) is 3.31. The fourth-order valence-electron chi connectivity index (χ4n) is 3.07. The average molecular weight is 269 g/mol. The summed E-state index contributed by atoms with van der Waals surface area (Å²) in [5, 5.41) is 10.8. The summed E-state index contributed by atoms with van der Waals surface area (Å²) >= 11 is 0. The lowest BCUT2D eigenvalue weighted by molar-refractivity contribution is -0.00638. The maximum absolute atomic E-state index is 13.7. The molecule has 0 heterocycles. The summed E-state index contributed by atoms with van der Waals surface area (Å²) in [5.41, 5.74) is -0.646. The van der Waals surface area contributed by atoms with Crippen LogP contribution in [-0.4, -0.2) is 36.2 Å². The monoisotopic (exact) mass is 269 g/mol. The Labute approximate surface area is 113 Å². The minimum atomic E-state index is -0.918. The van der Waals surface area contributed by atoms with Crippen LogP contribution < -0.4 is 0 Å². The molecule has 0 spiro atoms. The smallest absolute Gasteiger partial charge is 0.126 e. The van der Waals surface area contributed by atoms with Crippen molar-refractivity contribution in [3.63, 3.8) is 0 Å². The van der Waals surface area contributed by atoms with Gasteiger partial charge in [0.2, 0.25) is 0 Å². The van der Waals surface area contributed by atoms with Crippen molar-refractivity contribution >= 4 is 0 Å². The van der Waals surface area contributed by atoms with E-state index in [2.05, 4.69) is 0 Å². The molecule has 1 N–H and O–H groups in total. The summed E-state index contributed by atoms with van der Waals surface area (Å²) in [7, 11) is 3.92. The zero-order valence-electron chi connectivity index (χ0n) is 11.5. The van der Waals surface area contributed by atoms with Crippen LogP contribution in [-0.2, 0) is 6.42 Å². The molecule has 1 fully saturated rings. The molecule has 0 radical (unpaired) electrons. The number of rotatable bonds is 4. The molecule has 1 aromatic carbocycles. The highest BCUT2D eigenvalue weighted by molar-refractivity contribution is 5.21. The lowest BCUT2D eigenvalue weighted by Gasteiger charge is -2.32. The molecule has 2 unspecified atom stereocenters. The van der Waals surface area contributed by atoms with Crippen molar-refractivity contribution in [1.82, 2.24) is 4.90 Å². The molecule has 106 valence electrons. The molecule has 1 saturated carbocycles. The lowest BCUT2D eigenvalue weighted by atomic mass is 9.84. The molecule has 0 amide bonds. The van der Waals surface area contributed by atoms with E-state index in [1.54, 1.807) is 0 Å². The van der Waals surface area contributed by atoms with Crippen molar-refractivity contribution in [2.75, 3.05) is 20.6 Å². The van der Waals surface area contributed by atoms with E-state index in [0.717, 1.165) is 31.5 Å². The summed E-state index contributed by atoms with van der Waals surface area (Å²) < 4.78 is 26.9. The maximum Gasteiger partial charge on any atom is 0.126 e. The number of aliphatic hydroxyl groups is 1. The van der Waals surface area contributed by atoms with Gasteiger partial charge in [0, 0.05) is 18.9 Å². The fourth-order valence-corrected chi connectivity index (χ4v) is 3.07. The predicted molar refractivity (Wildman–Crippen MR) is 70.9 cm³/mol. The first-order valence-electron chi connectivity index (χ1n) is 6.72. The van der Waals surface area contributed by atoms with Gasteiger partial charge in [0.25, 0.3) is 0 Å². The summed E-state index contributed by atoms with van der Waals surface area (Å²) in [6.45, 7) is 0.771. The quantitative estimate of drug-likeness (QED) is 0.908. The molecule has 4 heteroatoms. The van der Waals surface area contributed by atoms with E-state index < -0.39 is 17.2 Å². The standard InChI is InChI=1S/C15H21F2NO/c1-18(2)10-12-4-3-7-15(12,19)9-11-8-13(16)5-6-14(11)17/h5-6,8,12,19H,3-4,7,9-10H2,1-2H3. The maximum atomic E-state index is 13.7. The summed E-state index contributed by atoms with van der Waals surface area (Å²) in [4.78, 5) is 2.03. The van der Waals surface area contributed by atoms with Crippen LogP contribution >= 0.6 is 0 Å². The third-order valence-corrected chi connectivity index (χ3v) is 4.01. The van der Waals surface area contributed by atoms with Gasteiger partial charge < -0.3 is 10.0 Å². The van der Waals surface area contributed by atoms with Gasteiger partial charge in [0.05, 0.1) is 5.60 Å². The fraction of sp³-hybridized carbons (Fsp3) is 0.600. The van der Waals surface area contributed by atoms with Gasteiger partial charge in [-0.1, -0.05) is 6.42 Å². The molecule has 2 atom stereocenters. The Bertz CT molecular complexity index is 450. The van der Waals surface area contributed by atoms with Crippen molar-refractivity contribution in [2.45, 2.75) is 31.3 Å². The minimum Gasteiger partial charge on any atom is -0.389 e. The second-order valence-corrected chi connectivity index (χ2v) is 5.87. The predicted octanol–water partition coefficient (Wildman–Crippen LogP) is 2.60. The Morgan fingerprint density at radius 3 is 2.79 bits per heavy atom. The van der Waals surface area contributed by atoms with Gasteiger partial charge in [0.1, 0.15) is 11.6 Å². The number of hydrogen-bond acceptors (Lipinski definition) is 2. The first-order chi connectivity index (χ1) is 8.90. The van der Waals surface area contributed by atoms with E-state index in [4.69, 9.17) is 0 Å². The molecular weight excluding hydrogens is 248 g/mol. The van der Waals surface area contributed by atoms with E-state index in [-0.39, 0.29) is 17.9 Å². The Morgan fingerprint density at radius 2 is 2.11 bits per heavy atom. The SMILES string of the molecule is CN(C)CC1CCCC1(O)Cc1cc(F)ccc1F. The van der Waals surface area contributed by atoms with Crippen LogP contribution in [0.1, 0.15) is 24.8 Å². The molecule has 2 nitrogen and oxygen atoms in total. The molecule has 0 saturated heterocycles. The van der Waals surface area contributed by atoms with Gasteiger partial charge in [-0.3, -0.25) is 0 Å². The van der Waals surface area contributed by atoms with Crippen LogP contribution in [0.5, 0.6) is 0 Å². The largest absolute Gasteiger partial charge is 0.389 e. The zero-order chi connectivity index (χ0) is 14.0. The molecule has 1 aliphatic rings. The highest BCUT2D eigenvalue weighted by Gasteiger charge is 2.41. The Balaban J connectivity index is 2.17. The van der Waals surface area contributed by atoms with E-state index >= 15 is 0 Å². The first-order valence-corrected chi connectivity index (χ1v) is 6.72. The van der Waals surface area contributed by atoms with Crippen molar-refractivity contribution in [3.05, 3.63) is 35.4 Å². The van der Waals surface area contributed by atoms with Gasteiger partial charge in [-0.2, -0.15) is 0 Å². The summed E-state index contributed by atoms with van der Waals surface area (Å²) in [5.74, 6) is -0.780. The van der Waals surface area contributed by atoms with E-state index in [1.807, 2.05) is 19.0 Å². The number of benzene rings is 1. The van der Waals surface area contributed by atoms with Crippen LogP contribution in [0.25, 0.3) is 0 Å². The van der Waals surface area contributed by atoms with Crippen LogP contribution in [0, 0.1) is 17.6 Å². The Kier molecular flexibility index (Phi) is 4.21. The van der Waals surface area contributed by atoms with Crippen molar-refractivity contribution in [2.24, 2.45) is 5.92 Å². The first kappa shape index (κ1) is 14.4. The van der Waals surface area contributed by atoms with Crippen LogP contribution in [0.4, 0.5) is 8.78 Å². The molecule has 1 aliphatic carbocycles. The number of nitrogens with zero attached hydrogens (tertiary/aromatic N) is 1. The molecule has 1 aromatic rings. The van der Waals surface area contributed by atoms with E-state index in [0.29, 0.717) is 6.42 Å². The van der Waals surface area contributed by atoms with Crippen molar-refractivity contribution < 1.29 is 13.9 Å². The second kappa shape index (κ2) is 5.55.